The van der Waals surface area contributed by atoms with Gasteiger partial charge in [0, 0.05) is 20.1 Å². The van der Waals surface area contributed by atoms with Gasteiger partial charge in [-0.3, -0.25) is 4.79 Å². The summed E-state index contributed by atoms with van der Waals surface area (Å²) >= 11 is 0. The molecular formula is C16H34N2O. The van der Waals surface area contributed by atoms with Crippen LogP contribution >= 0.6 is 0 Å². The molecule has 0 aliphatic carbocycles. The van der Waals surface area contributed by atoms with Gasteiger partial charge in [-0.2, -0.15) is 0 Å². The monoisotopic (exact) mass is 270 g/mol. The van der Waals surface area contributed by atoms with Crippen molar-refractivity contribution in [3.05, 3.63) is 0 Å². The van der Waals surface area contributed by atoms with Crippen LogP contribution in [0, 0.1) is 0 Å². The third-order valence-corrected chi connectivity index (χ3v) is 3.61. The highest BCUT2D eigenvalue weighted by molar-refractivity contribution is 5.80. The molecule has 1 N–H and O–H groups in total. The number of hydrogen-bond acceptors (Lipinski definition) is 2. The van der Waals surface area contributed by atoms with Crippen LogP contribution in [0.1, 0.15) is 72.1 Å². The summed E-state index contributed by atoms with van der Waals surface area (Å²) in [6.45, 7) is 6.45. The Labute approximate surface area is 120 Å². The van der Waals surface area contributed by atoms with E-state index in [4.69, 9.17) is 0 Å². The fourth-order valence-corrected chi connectivity index (χ4v) is 2.40. The Morgan fingerprint density at radius 1 is 1.00 bits per heavy atom. The summed E-state index contributed by atoms with van der Waals surface area (Å²) in [6.07, 6.45) is 10.0. The van der Waals surface area contributed by atoms with Crippen molar-refractivity contribution in [2.24, 2.45) is 0 Å². The molecule has 114 valence electrons. The fraction of sp³-hybridized carbons (Fsp3) is 0.938. The van der Waals surface area contributed by atoms with Crippen LogP contribution in [-0.4, -0.2) is 37.0 Å². The van der Waals surface area contributed by atoms with Gasteiger partial charge in [0.1, 0.15) is 0 Å². The SMILES string of the molecule is CCCCCC(CCCCC)NC(C)C(=O)N(C)C. The van der Waals surface area contributed by atoms with E-state index in [1.807, 2.05) is 21.0 Å². The second-order valence-corrected chi connectivity index (χ2v) is 5.81. The van der Waals surface area contributed by atoms with Gasteiger partial charge >= 0.3 is 0 Å². The van der Waals surface area contributed by atoms with E-state index in [1.54, 1.807) is 4.90 Å². The largest absolute Gasteiger partial charge is 0.347 e. The van der Waals surface area contributed by atoms with E-state index in [0.29, 0.717) is 6.04 Å². The molecule has 0 radical (unpaired) electrons. The Kier molecular flexibility index (Phi) is 10.9. The number of rotatable bonds is 11. The van der Waals surface area contributed by atoms with Gasteiger partial charge in [-0.1, -0.05) is 52.4 Å². The Morgan fingerprint density at radius 3 is 1.84 bits per heavy atom. The Balaban J connectivity index is 4.18. The van der Waals surface area contributed by atoms with Gasteiger partial charge in [-0.25, -0.2) is 0 Å². The highest BCUT2D eigenvalue weighted by atomic mass is 16.2. The molecule has 0 bridgehead atoms. The summed E-state index contributed by atoms with van der Waals surface area (Å²) in [6, 6.07) is 0.431. The topological polar surface area (TPSA) is 32.3 Å². The van der Waals surface area contributed by atoms with E-state index in [-0.39, 0.29) is 11.9 Å². The smallest absolute Gasteiger partial charge is 0.238 e. The van der Waals surface area contributed by atoms with Gasteiger partial charge in [0.05, 0.1) is 6.04 Å². The van der Waals surface area contributed by atoms with Crippen LogP contribution in [0.2, 0.25) is 0 Å². The van der Waals surface area contributed by atoms with Crippen LogP contribution in [0.3, 0.4) is 0 Å². The number of amides is 1. The first-order valence-corrected chi connectivity index (χ1v) is 8.00. The highest BCUT2D eigenvalue weighted by Crippen LogP contribution is 2.12. The lowest BCUT2D eigenvalue weighted by Gasteiger charge is -2.25. The van der Waals surface area contributed by atoms with E-state index >= 15 is 0 Å². The normalized spacial score (nSPS) is 12.7. The van der Waals surface area contributed by atoms with Gasteiger partial charge in [-0.15, -0.1) is 0 Å². The van der Waals surface area contributed by atoms with E-state index in [1.165, 1.54) is 51.4 Å². The summed E-state index contributed by atoms with van der Waals surface area (Å²) < 4.78 is 0. The minimum Gasteiger partial charge on any atom is -0.347 e. The van der Waals surface area contributed by atoms with Crippen molar-refractivity contribution in [1.82, 2.24) is 10.2 Å². The van der Waals surface area contributed by atoms with Crippen LogP contribution in [0.25, 0.3) is 0 Å². The molecule has 0 aromatic rings. The third-order valence-electron chi connectivity index (χ3n) is 3.61. The molecule has 1 atom stereocenters. The van der Waals surface area contributed by atoms with Crippen molar-refractivity contribution in [3.8, 4) is 0 Å². The van der Waals surface area contributed by atoms with Crippen LogP contribution in [0.15, 0.2) is 0 Å². The quantitative estimate of drug-likeness (QED) is 0.582. The molecule has 1 amide bonds. The molecule has 19 heavy (non-hydrogen) atoms. The first kappa shape index (κ1) is 18.4. The number of likely N-dealkylation sites (N-methyl/N-ethyl adjacent to an activating group) is 1. The highest BCUT2D eigenvalue weighted by Gasteiger charge is 2.18. The van der Waals surface area contributed by atoms with E-state index in [0.717, 1.165) is 0 Å². The molecule has 3 nitrogen and oxygen atoms in total. The molecule has 3 heteroatoms. The number of carbonyl (C=O) groups excluding carboxylic acids is 1. The zero-order valence-electron chi connectivity index (χ0n) is 13.7. The molecule has 0 spiro atoms. The van der Waals surface area contributed by atoms with Crippen molar-refractivity contribution in [1.29, 1.82) is 0 Å². The minimum atomic E-state index is -0.0664. The van der Waals surface area contributed by atoms with Crippen LogP contribution in [0.5, 0.6) is 0 Å². The average molecular weight is 270 g/mol. The van der Waals surface area contributed by atoms with Crippen molar-refractivity contribution in [3.63, 3.8) is 0 Å². The molecule has 0 saturated heterocycles. The molecule has 0 aromatic carbocycles. The molecule has 0 aromatic heterocycles. The van der Waals surface area contributed by atoms with Gasteiger partial charge < -0.3 is 10.2 Å². The van der Waals surface area contributed by atoms with E-state index < -0.39 is 0 Å². The maximum absolute atomic E-state index is 11.9. The predicted molar refractivity (Wildman–Crippen MR) is 83.4 cm³/mol. The number of unbranched alkanes of at least 4 members (excludes halogenated alkanes) is 4. The summed E-state index contributed by atoms with van der Waals surface area (Å²) in [5, 5.41) is 3.52. The van der Waals surface area contributed by atoms with Crippen molar-refractivity contribution in [2.45, 2.75) is 84.2 Å². The van der Waals surface area contributed by atoms with E-state index in [2.05, 4.69) is 19.2 Å². The standard InChI is InChI=1S/C16H34N2O/c1-6-8-10-12-15(13-11-9-7-2)17-14(3)16(19)18(4)5/h14-15,17H,6-13H2,1-5H3. The van der Waals surface area contributed by atoms with Gasteiger partial charge in [0.2, 0.25) is 5.91 Å². The molecule has 1 unspecified atom stereocenters. The van der Waals surface area contributed by atoms with Crippen molar-refractivity contribution in [2.75, 3.05) is 14.1 Å². The summed E-state index contributed by atoms with van der Waals surface area (Å²) in [5.41, 5.74) is 0. The second kappa shape index (κ2) is 11.3. The van der Waals surface area contributed by atoms with Crippen LogP contribution in [-0.2, 0) is 4.79 Å². The summed E-state index contributed by atoms with van der Waals surface area (Å²) in [7, 11) is 3.65. The summed E-state index contributed by atoms with van der Waals surface area (Å²) in [4.78, 5) is 13.6. The fourth-order valence-electron chi connectivity index (χ4n) is 2.40. The molecule has 0 aliphatic heterocycles. The maximum atomic E-state index is 11.9. The Bertz CT molecular complexity index is 219. The third kappa shape index (κ3) is 9.04. The molecule has 0 fully saturated rings. The van der Waals surface area contributed by atoms with Gasteiger partial charge in [-0.05, 0) is 19.8 Å². The lowest BCUT2D eigenvalue weighted by atomic mass is 10.0. The second-order valence-electron chi connectivity index (χ2n) is 5.81. The maximum Gasteiger partial charge on any atom is 0.238 e. The molecule has 0 heterocycles. The van der Waals surface area contributed by atoms with Crippen molar-refractivity contribution >= 4 is 5.91 Å². The first-order valence-electron chi connectivity index (χ1n) is 8.00. The van der Waals surface area contributed by atoms with Crippen LogP contribution < -0.4 is 5.32 Å². The van der Waals surface area contributed by atoms with Crippen LogP contribution in [0.4, 0.5) is 0 Å². The first-order chi connectivity index (χ1) is 9.02. The molecule has 0 saturated carbocycles. The average Bonchev–Trinajstić information content (AvgIpc) is 2.37. The number of nitrogens with zero attached hydrogens (tertiary/aromatic N) is 1. The molecular weight excluding hydrogens is 236 g/mol. The van der Waals surface area contributed by atoms with Crippen molar-refractivity contribution < 1.29 is 4.79 Å². The minimum absolute atomic E-state index is 0.0664. The number of hydrogen-bond donors (Lipinski definition) is 1. The van der Waals surface area contributed by atoms with Gasteiger partial charge in [0.15, 0.2) is 0 Å². The lowest BCUT2D eigenvalue weighted by Crippen LogP contribution is -2.46. The van der Waals surface area contributed by atoms with Gasteiger partial charge in [0.25, 0.3) is 0 Å². The molecule has 0 aliphatic rings. The Morgan fingerprint density at radius 2 is 1.47 bits per heavy atom. The zero-order valence-corrected chi connectivity index (χ0v) is 13.7. The number of carbonyl (C=O) groups is 1. The zero-order chi connectivity index (χ0) is 14.7. The Hall–Kier alpha value is -0.570. The predicted octanol–water partition coefficient (Wildman–Crippen LogP) is 3.58. The summed E-state index contributed by atoms with van der Waals surface area (Å²) in [5.74, 6) is 0.177. The van der Waals surface area contributed by atoms with E-state index in [9.17, 15) is 4.79 Å². The molecule has 0 rings (SSSR count). The number of nitrogens with one attached hydrogen (secondary N) is 1. The lowest BCUT2D eigenvalue weighted by molar-refractivity contribution is -0.130.